The Morgan fingerprint density at radius 2 is 1.82 bits per heavy atom. The monoisotopic (exact) mass is 422 g/mol. The van der Waals surface area contributed by atoms with Crippen molar-refractivity contribution in [2.75, 3.05) is 5.43 Å². The summed E-state index contributed by atoms with van der Waals surface area (Å²) in [6.07, 6.45) is 1.46. The summed E-state index contributed by atoms with van der Waals surface area (Å²) < 4.78 is 3.98. The van der Waals surface area contributed by atoms with Gasteiger partial charge in [-0.05, 0) is 37.5 Å². The zero-order valence-electron chi connectivity index (χ0n) is 16.0. The minimum absolute atomic E-state index is 0.307. The van der Waals surface area contributed by atoms with Crippen LogP contribution in [0.2, 0.25) is 10.0 Å². The van der Waals surface area contributed by atoms with Crippen LogP contribution in [0.3, 0.4) is 0 Å². The van der Waals surface area contributed by atoms with E-state index in [1.165, 1.54) is 11.6 Å². The van der Waals surface area contributed by atoms with Crippen molar-refractivity contribution < 1.29 is 0 Å². The van der Waals surface area contributed by atoms with Crippen molar-refractivity contribution in [2.24, 2.45) is 26.2 Å². The van der Waals surface area contributed by atoms with Crippen LogP contribution in [0.5, 0.6) is 0 Å². The average Bonchev–Trinajstić information content (AvgIpc) is 3.00. The summed E-state index contributed by atoms with van der Waals surface area (Å²) >= 11 is 12.0. The molecule has 10 heteroatoms. The zero-order valence-corrected chi connectivity index (χ0v) is 17.5. The van der Waals surface area contributed by atoms with Crippen molar-refractivity contribution in [3.63, 3.8) is 0 Å². The van der Waals surface area contributed by atoms with Crippen LogP contribution in [-0.2, 0) is 27.6 Å². The smallest absolute Gasteiger partial charge is 0.306 e. The number of nitrogens with one attached hydrogen (secondary N) is 1. The van der Waals surface area contributed by atoms with Gasteiger partial charge >= 0.3 is 5.69 Å². The van der Waals surface area contributed by atoms with Gasteiger partial charge in [0.1, 0.15) is 0 Å². The van der Waals surface area contributed by atoms with Crippen molar-refractivity contribution in [1.29, 1.82) is 0 Å². The van der Waals surface area contributed by atoms with E-state index in [2.05, 4.69) is 15.5 Å². The first kappa shape index (κ1) is 20.2. The molecule has 0 aliphatic heterocycles. The van der Waals surface area contributed by atoms with Gasteiger partial charge in [-0.2, -0.15) is 10.1 Å². The summed E-state index contributed by atoms with van der Waals surface area (Å²) in [7, 11) is 4.71. The molecule has 28 heavy (non-hydrogen) atoms. The molecule has 0 saturated carbocycles. The molecule has 0 unspecified atom stereocenters. The van der Waals surface area contributed by atoms with E-state index >= 15 is 0 Å². The van der Waals surface area contributed by atoms with Crippen LogP contribution in [0.4, 0.5) is 5.95 Å². The maximum absolute atomic E-state index is 12.4. The summed E-state index contributed by atoms with van der Waals surface area (Å²) in [6, 6.07) is 5.54. The van der Waals surface area contributed by atoms with Gasteiger partial charge in [0.05, 0.1) is 10.0 Å². The SMILES string of the molecule is C/C(CCc1ccc(Cl)c(Cl)c1)=N/Nc1nc2c(c(=O)n(C)c(=O)n2C)n1C. The Morgan fingerprint density at radius 3 is 2.50 bits per heavy atom. The Labute approximate surface area is 171 Å². The van der Waals surface area contributed by atoms with E-state index in [-0.39, 0.29) is 0 Å². The van der Waals surface area contributed by atoms with Crippen LogP contribution in [-0.4, -0.2) is 24.4 Å². The molecule has 0 atom stereocenters. The number of nitrogens with zero attached hydrogens (tertiary/aromatic N) is 5. The summed E-state index contributed by atoms with van der Waals surface area (Å²) in [6.45, 7) is 1.89. The van der Waals surface area contributed by atoms with Crippen LogP contribution in [0, 0.1) is 0 Å². The highest BCUT2D eigenvalue weighted by Gasteiger charge is 2.16. The molecule has 0 saturated heterocycles. The third-order valence-corrected chi connectivity index (χ3v) is 5.32. The molecule has 1 aromatic carbocycles. The molecule has 3 aromatic rings. The molecule has 0 fully saturated rings. The van der Waals surface area contributed by atoms with Gasteiger partial charge in [0.25, 0.3) is 5.56 Å². The van der Waals surface area contributed by atoms with E-state index in [1.54, 1.807) is 24.7 Å². The predicted molar refractivity (Wildman–Crippen MR) is 113 cm³/mol. The summed E-state index contributed by atoms with van der Waals surface area (Å²) in [5.41, 5.74) is 4.60. The summed E-state index contributed by atoms with van der Waals surface area (Å²) in [5.74, 6) is 0.377. The van der Waals surface area contributed by atoms with Crippen LogP contribution >= 0.6 is 23.2 Å². The molecule has 2 aromatic heterocycles. The van der Waals surface area contributed by atoms with E-state index in [4.69, 9.17) is 23.2 Å². The minimum Gasteiger partial charge on any atom is -0.306 e. The Hall–Kier alpha value is -2.58. The minimum atomic E-state index is -0.427. The molecule has 3 rings (SSSR count). The number of fused-ring (bicyclic) bond motifs is 1. The highest BCUT2D eigenvalue weighted by atomic mass is 35.5. The first-order chi connectivity index (χ1) is 13.2. The number of halogens is 2. The highest BCUT2D eigenvalue weighted by molar-refractivity contribution is 6.42. The van der Waals surface area contributed by atoms with Crippen LogP contribution < -0.4 is 16.7 Å². The lowest BCUT2D eigenvalue weighted by Gasteiger charge is -2.05. The van der Waals surface area contributed by atoms with Crippen LogP contribution in [0.25, 0.3) is 11.2 Å². The lowest BCUT2D eigenvalue weighted by molar-refractivity contribution is 0.705. The van der Waals surface area contributed by atoms with Gasteiger partial charge in [0.2, 0.25) is 5.95 Å². The lowest BCUT2D eigenvalue weighted by Crippen LogP contribution is -2.37. The normalized spacial score (nSPS) is 12.0. The Morgan fingerprint density at radius 1 is 1.11 bits per heavy atom. The van der Waals surface area contributed by atoms with Gasteiger partial charge < -0.3 is 4.57 Å². The number of hydrogen-bond acceptors (Lipinski definition) is 5. The first-order valence-corrected chi connectivity index (χ1v) is 9.31. The molecule has 2 heterocycles. The van der Waals surface area contributed by atoms with Gasteiger partial charge in [0, 0.05) is 26.9 Å². The van der Waals surface area contributed by atoms with Gasteiger partial charge in [-0.3, -0.25) is 13.9 Å². The number of aromatic nitrogens is 4. The molecule has 8 nitrogen and oxygen atoms in total. The van der Waals surface area contributed by atoms with Gasteiger partial charge in [-0.25, -0.2) is 10.2 Å². The molecule has 1 N–H and O–H groups in total. The second kappa shape index (κ2) is 7.81. The fourth-order valence-electron chi connectivity index (χ4n) is 2.84. The number of rotatable bonds is 5. The first-order valence-electron chi connectivity index (χ1n) is 8.56. The number of benzene rings is 1. The average molecular weight is 423 g/mol. The molecule has 0 aliphatic carbocycles. The maximum atomic E-state index is 12.4. The molecular weight excluding hydrogens is 403 g/mol. The van der Waals surface area contributed by atoms with Crippen LogP contribution in [0.1, 0.15) is 18.9 Å². The molecule has 148 valence electrons. The van der Waals surface area contributed by atoms with Gasteiger partial charge in [-0.1, -0.05) is 29.3 Å². The molecule has 0 amide bonds. The summed E-state index contributed by atoms with van der Waals surface area (Å²) in [5, 5.41) is 5.39. The zero-order chi connectivity index (χ0) is 20.6. The third-order valence-electron chi connectivity index (χ3n) is 4.58. The maximum Gasteiger partial charge on any atom is 0.332 e. The molecule has 0 bridgehead atoms. The van der Waals surface area contributed by atoms with E-state index in [0.717, 1.165) is 22.3 Å². The number of hydrazone groups is 1. The van der Waals surface area contributed by atoms with Gasteiger partial charge in [0.15, 0.2) is 11.2 Å². The molecule has 0 spiro atoms. The molecule has 0 radical (unpaired) electrons. The largest absolute Gasteiger partial charge is 0.332 e. The van der Waals surface area contributed by atoms with E-state index in [1.807, 2.05) is 19.1 Å². The standard InChI is InChI=1S/C18H20Cl2N6O2/c1-10(5-6-11-7-8-12(19)13(20)9-11)22-23-17-21-15-14(24(17)2)16(27)26(4)18(28)25(15)3/h7-9H,5-6H2,1-4H3,(H,21,23)/b22-10-. The number of hydrogen-bond donors (Lipinski definition) is 1. The lowest BCUT2D eigenvalue weighted by atomic mass is 10.1. The van der Waals surface area contributed by atoms with Crippen molar-refractivity contribution in [2.45, 2.75) is 19.8 Å². The van der Waals surface area contributed by atoms with E-state index in [9.17, 15) is 9.59 Å². The predicted octanol–water partition coefficient (Wildman–Crippen LogP) is 2.70. The quantitative estimate of drug-likeness (QED) is 0.505. The van der Waals surface area contributed by atoms with Crippen molar-refractivity contribution in [1.82, 2.24) is 18.7 Å². The van der Waals surface area contributed by atoms with E-state index in [0.29, 0.717) is 33.6 Å². The summed E-state index contributed by atoms with van der Waals surface area (Å²) in [4.78, 5) is 28.8. The number of aryl methyl sites for hydroxylation is 3. The van der Waals surface area contributed by atoms with Crippen molar-refractivity contribution in [3.8, 4) is 0 Å². The number of anilines is 1. The molecule has 0 aliphatic rings. The fourth-order valence-corrected chi connectivity index (χ4v) is 3.16. The molecular formula is C18H20Cl2N6O2. The second-order valence-electron chi connectivity index (χ2n) is 6.58. The second-order valence-corrected chi connectivity index (χ2v) is 7.39. The van der Waals surface area contributed by atoms with Crippen molar-refractivity contribution >= 4 is 46.0 Å². The number of imidazole rings is 1. The van der Waals surface area contributed by atoms with Crippen molar-refractivity contribution in [3.05, 3.63) is 54.6 Å². The van der Waals surface area contributed by atoms with Gasteiger partial charge in [-0.15, -0.1) is 0 Å². The fraction of sp³-hybridized carbons (Fsp3) is 0.333. The highest BCUT2D eigenvalue weighted by Crippen LogP contribution is 2.23. The Bertz CT molecular complexity index is 1210. The topological polar surface area (TPSA) is 86.2 Å². The Balaban J connectivity index is 1.80. The van der Waals surface area contributed by atoms with E-state index < -0.39 is 11.2 Å². The van der Waals surface area contributed by atoms with Crippen LogP contribution in [0.15, 0.2) is 32.9 Å². The third kappa shape index (κ3) is 3.70. The Kier molecular flexibility index (Phi) is 5.62.